The minimum atomic E-state index is -0.310. The van der Waals surface area contributed by atoms with Gasteiger partial charge in [0.05, 0.1) is 18.2 Å². The Bertz CT molecular complexity index is 626. The molecule has 0 saturated carbocycles. The molecule has 0 aliphatic heterocycles. The average molecular weight is 276 g/mol. The number of hydrogen-bond acceptors (Lipinski definition) is 3. The molecule has 108 valence electrons. The van der Waals surface area contributed by atoms with Gasteiger partial charge in [-0.2, -0.15) is 0 Å². The van der Waals surface area contributed by atoms with E-state index in [1.807, 2.05) is 13.8 Å². The summed E-state index contributed by atoms with van der Waals surface area (Å²) in [5.41, 5.74) is 3.30. The van der Waals surface area contributed by atoms with Gasteiger partial charge in [-0.3, -0.25) is 0 Å². The lowest BCUT2D eigenvalue weighted by atomic mass is 10.0. The molecule has 0 aliphatic rings. The zero-order valence-corrected chi connectivity index (χ0v) is 12.5. The summed E-state index contributed by atoms with van der Waals surface area (Å²) in [4.78, 5) is 4.48. The Labute approximate surface area is 119 Å². The third-order valence-corrected chi connectivity index (χ3v) is 3.50. The van der Waals surface area contributed by atoms with Crippen LogP contribution in [0.1, 0.15) is 31.5 Å². The van der Waals surface area contributed by atoms with Gasteiger partial charge in [0.25, 0.3) is 0 Å². The fourth-order valence-corrected chi connectivity index (χ4v) is 2.43. The van der Waals surface area contributed by atoms with Crippen molar-refractivity contribution >= 4 is 16.6 Å². The summed E-state index contributed by atoms with van der Waals surface area (Å²) in [5, 5.41) is 4.13. The van der Waals surface area contributed by atoms with E-state index in [0.29, 0.717) is 11.3 Å². The highest BCUT2D eigenvalue weighted by atomic mass is 19.1. The van der Waals surface area contributed by atoms with E-state index in [9.17, 15) is 4.39 Å². The largest absolute Gasteiger partial charge is 0.496 e. The van der Waals surface area contributed by atoms with Gasteiger partial charge in [-0.1, -0.05) is 13.8 Å². The van der Waals surface area contributed by atoms with Crippen molar-refractivity contribution in [2.24, 2.45) is 0 Å². The Balaban J connectivity index is 2.81. The SMILES string of the molecule is CCCNc1c(C)c(CC)nc2c(F)ccc(OC)c12. The van der Waals surface area contributed by atoms with Crippen molar-refractivity contribution in [2.45, 2.75) is 33.6 Å². The van der Waals surface area contributed by atoms with E-state index >= 15 is 0 Å². The molecular weight excluding hydrogens is 255 g/mol. The van der Waals surface area contributed by atoms with Crippen molar-refractivity contribution in [2.75, 3.05) is 19.0 Å². The van der Waals surface area contributed by atoms with Crippen LogP contribution in [-0.2, 0) is 6.42 Å². The van der Waals surface area contributed by atoms with Crippen LogP contribution in [0.5, 0.6) is 5.75 Å². The summed E-state index contributed by atoms with van der Waals surface area (Å²) < 4.78 is 19.5. The van der Waals surface area contributed by atoms with Crippen LogP contribution in [0.25, 0.3) is 10.9 Å². The summed E-state index contributed by atoms with van der Waals surface area (Å²) in [7, 11) is 1.60. The molecule has 20 heavy (non-hydrogen) atoms. The van der Waals surface area contributed by atoms with Gasteiger partial charge < -0.3 is 10.1 Å². The molecule has 1 heterocycles. The van der Waals surface area contributed by atoms with Gasteiger partial charge in [-0.05, 0) is 37.5 Å². The topological polar surface area (TPSA) is 34.2 Å². The number of pyridine rings is 1. The van der Waals surface area contributed by atoms with Crippen molar-refractivity contribution in [3.05, 3.63) is 29.2 Å². The number of hydrogen-bond donors (Lipinski definition) is 1. The maximum absolute atomic E-state index is 14.1. The van der Waals surface area contributed by atoms with E-state index in [1.165, 1.54) is 6.07 Å². The second-order valence-corrected chi connectivity index (χ2v) is 4.81. The van der Waals surface area contributed by atoms with Crippen LogP contribution in [0.4, 0.5) is 10.1 Å². The van der Waals surface area contributed by atoms with Crippen LogP contribution in [-0.4, -0.2) is 18.6 Å². The van der Waals surface area contributed by atoms with Gasteiger partial charge in [0.15, 0.2) is 0 Å². The van der Waals surface area contributed by atoms with E-state index in [1.54, 1.807) is 13.2 Å². The van der Waals surface area contributed by atoms with Gasteiger partial charge >= 0.3 is 0 Å². The molecule has 0 fully saturated rings. The maximum atomic E-state index is 14.1. The quantitative estimate of drug-likeness (QED) is 0.893. The number of ether oxygens (including phenoxy) is 1. The molecule has 0 radical (unpaired) electrons. The highest BCUT2D eigenvalue weighted by Gasteiger charge is 2.17. The van der Waals surface area contributed by atoms with Gasteiger partial charge in [0.2, 0.25) is 0 Å². The molecule has 1 aromatic heterocycles. The Hall–Kier alpha value is -1.84. The lowest BCUT2D eigenvalue weighted by Gasteiger charge is -2.17. The van der Waals surface area contributed by atoms with E-state index in [4.69, 9.17) is 4.74 Å². The number of aryl methyl sites for hydroxylation is 1. The van der Waals surface area contributed by atoms with Gasteiger partial charge in [0, 0.05) is 12.2 Å². The number of methoxy groups -OCH3 is 1. The predicted molar refractivity (Wildman–Crippen MR) is 81.1 cm³/mol. The Kier molecular flexibility index (Phi) is 4.42. The first-order valence-corrected chi connectivity index (χ1v) is 7.03. The second kappa shape index (κ2) is 6.07. The van der Waals surface area contributed by atoms with Gasteiger partial charge in [0.1, 0.15) is 17.1 Å². The monoisotopic (exact) mass is 276 g/mol. The van der Waals surface area contributed by atoms with Crippen LogP contribution in [0, 0.1) is 12.7 Å². The molecule has 0 saturated heterocycles. The first-order chi connectivity index (χ1) is 9.63. The van der Waals surface area contributed by atoms with E-state index in [-0.39, 0.29) is 5.82 Å². The highest BCUT2D eigenvalue weighted by molar-refractivity contribution is 5.98. The summed E-state index contributed by atoms with van der Waals surface area (Å²) in [6, 6.07) is 3.06. The normalized spacial score (nSPS) is 10.8. The molecule has 0 aliphatic carbocycles. The molecule has 0 amide bonds. The van der Waals surface area contributed by atoms with Crippen molar-refractivity contribution in [3.8, 4) is 5.75 Å². The Morgan fingerprint density at radius 3 is 2.65 bits per heavy atom. The van der Waals surface area contributed by atoms with Gasteiger partial charge in [-0.15, -0.1) is 0 Å². The zero-order chi connectivity index (χ0) is 14.7. The molecule has 4 heteroatoms. The summed E-state index contributed by atoms with van der Waals surface area (Å²) >= 11 is 0. The number of rotatable bonds is 5. The minimum Gasteiger partial charge on any atom is -0.496 e. The molecule has 1 aromatic carbocycles. The number of nitrogens with zero attached hydrogens (tertiary/aromatic N) is 1. The average Bonchev–Trinajstić information content (AvgIpc) is 2.46. The third kappa shape index (κ3) is 2.42. The molecule has 2 aromatic rings. The molecule has 1 N–H and O–H groups in total. The van der Waals surface area contributed by atoms with E-state index in [0.717, 1.165) is 41.7 Å². The number of benzene rings is 1. The van der Waals surface area contributed by atoms with E-state index < -0.39 is 0 Å². The lowest BCUT2D eigenvalue weighted by molar-refractivity contribution is 0.419. The molecule has 0 spiro atoms. The molecular formula is C16H21FN2O. The van der Waals surface area contributed by atoms with Crippen molar-refractivity contribution in [1.29, 1.82) is 0 Å². The lowest BCUT2D eigenvalue weighted by Crippen LogP contribution is -2.07. The summed E-state index contributed by atoms with van der Waals surface area (Å²) in [6.45, 7) is 6.99. The summed E-state index contributed by atoms with van der Waals surface area (Å²) in [6.07, 6.45) is 1.78. The number of fused-ring (bicyclic) bond motifs is 1. The number of aromatic nitrogens is 1. The molecule has 0 atom stereocenters. The first-order valence-electron chi connectivity index (χ1n) is 7.03. The molecule has 0 bridgehead atoms. The van der Waals surface area contributed by atoms with Crippen LogP contribution in [0.2, 0.25) is 0 Å². The number of nitrogens with one attached hydrogen (secondary N) is 1. The molecule has 3 nitrogen and oxygen atoms in total. The number of anilines is 1. The van der Waals surface area contributed by atoms with E-state index in [2.05, 4.69) is 17.2 Å². The minimum absolute atomic E-state index is 0.310. The van der Waals surface area contributed by atoms with Crippen LogP contribution in [0.15, 0.2) is 12.1 Å². The molecule has 2 rings (SSSR count). The van der Waals surface area contributed by atoms with Crippen molar-refractivity contribution < 1.29 is 9.13 Å². The highest BCUT2D eigenvalue weighted by Crippen LogP contribution is 2.36. The Morgan fingerprint density at radius 1 is 1.30 bits per heavy atom. The fraction of sp³-hybridized carbons (Fsp3) is 0.438. The van der Waals surface area contributed by atoms with Gasteiger partial charge in [-0.25, -0.2) is 9.37 Å². The second-order valence-electron chi connectivity index (χ2n) is 4.81. The molecule has 0 unspecified atom stereocenters. The fourth-order valence-electron chi connectivity index (χ4n) is 2.43. The third-order valence-electron chi connectivity index (χ3n) is 3.50. The van der Waals surface area contributed by atoms with Crippen molar-refractivity contribution in [1.82, 2.24) is 4.98 Å². The predicted octanol–water partition coefficient (Wildman–Crippen LogP) is 4.08. The van der Waals surface area contributed by atoms with Crippen LogP contribution >= 0.6 is 0 Å². The van der Waals surface area contributed by atoms with Crippen molar-refractivity contribution in [3.63, 3.8) is 0 Å². The Morgan fingerprint density at radius 2 is 2.05 bits per heavy atom. The first kappa shape index (κ1) is 14.6. The smallest absolute Gasteiger partial charge is 0.149 e. The maximum Gasteiger partial charge on any atom is 0.149 e. The summed E-state index contributed by atoms with van der Waals surface area (Å²) in [5.74, 6) is 0.341. The van der Waals surface area contributed by atoms with Crippen LogP contribution in [0.3, 0.4) is 0 Å². The zero-order valence-electron chi connectivity index (χ0n) is 12.5. The standard InChI is InChI=1S/C16H21FN2O/c1-5-9-18-15-10(3)12(6-2)19-16-11(17)7-8-13(20-4)14(15)16/h7-8H,5-6,9H2,1-4H3,(H,18,19). The number of halogens is 1. The van der Waals surface area contributed by atoms with Crippen LogP contribution < -0.4 is 10.1 Å².